The number of ether oxygens (including phenoxy) is 1. The molecule has 0 bridgehead atoms. The van der Waals surface area contributed by atoms with E-state index in [0.29, 0.717) is 42.7 Å². The number of aromatic carboxylic acids is 1. The van der Waals surface area contributed by atoms with Crippen LogP contribution in [0.1, 0.15) is 30.3 Å². The van der Waals surface area contributed by atoms with Gasteiger partial charge in [0.05, 0.1) is 5.25 Å². The number of fused-ring (bicyclic) bond motifs is 1. The van der Waals surface area contributed by atoms with Crippen molar-refractivity contribution in [3.05, 3.63) is 30.0 Å². The molecular formula is C17H19NO7S. The molecule has 8 nitrogen and oxygen atoms in total. The number of anilines is 1. The van der Waals surface area contributed by atoms with Crippen molar-refractivity contribution in [2.24, 2.45) is 0 Å². The molecule has 1 aromatic heterocycles. The third-order valence-electron chi connectivity index (χ3n) is 4.49. The van der Waals surface area contributed by atoms with Crippen LogP contribution in [0.4, 0.5) is 5.69 Å². The number of amides is 1. The van der Waals surface area contributed by atoms with Crippen LogP contribution in [0, 0.1) is 0 Å². The molecule has 1 aliphatic rings. The Bertz CT molecular complexity index is 941. The fourth-order valence-electron chi connectivity index (χ4n) is 2.91. The number of nitrogens with one attached hydrogen (secondary N) is 1. The molecule has 26 heavy (non-hydrogen) atoms. The van der Waals surface area contributed by atoms with Crippen molar-refractivity contribution in [1.82, 2.24) is 0 Å². The lowest BCUT2D eigenvalue weighted by Crippen LogP contribution is -2.41. The molecule has 1 atom stereocenters. The standard InChI is InChI=1S/C17H19NO7S/c1-10(26(22,23)13-4-6-24-7-5-13)16(19)18-12-2-3-14-11(8-12)9-15(25-14)17(20)21/h2-3,8-10,13H,4-7H2,1H3,(H,18,19)(H,20,21). The average Bonchev–Trinajstić information content (AvgIpc) is 3.05. The highest BCUT2D eigenvalue weighted by molar-refractivity contribution is 7.93. The second kappa shape index (κ2) is 7.08. The van der Waals surface area contributed by atoms with Crippen molar-refractivity contribution in [3.8, 4) is 0 Å². The summed E-state index contributed by atoms with van der Waals surface area (Å²) in [4.78, 5) is 23.4. The van der Waals surface area contributed by atoms with E-state index in [0.717, 1.165) is 0 Å². The molecule has 0 spiro atoms. The number of sulfone groups is 1. The second-order valence-electron chi connectivity index (χ2n) is 6.20. The molecule has 9 heteroatoms. The van der Waals surface area contributed by atoms with E-state index in [2.05, 4.69) is 5.32 Å². The zero-order valence-electron chi connectivity index (χ0n) is 14.1. The van der Waals surface area contributed by atoms with Gasteiger partial charge in [0.15, 0.2) is 9.84 Å². The topological polar surface area (TPSA) is 123 Å². The number of carbonyl (C=O) groups excluding carboxylic acids is 1. The smallest absolute Gasteiger partial charge is 0.371 e. The van der Waals surface area contributed by atoms with Crippen molar-refractivity contribution in [2.45, 2.75) is 30.3 Å². The molecule has 2 N–H and O–H groups in total. The van der Waals surface area contributed by atoms with E-state index in [1.807, 2.05) is 0 Å². The van der Waals surface area contributed by atoms with E-state index in [4.69, 9.17) is 14.3 Å². The zero-order chi connectivity index (χ0) is 18.9. The Kier molecular flexibility index (Phi) is 5.01. The minimum absolute atomic E-state index is 0.209. The Morgan fingerprint density at radius 3 is 2.58 bits per heavy atom. The predicted molar refractivity (Wildman–Crippen MR) is 94.0 cm³/mol. The summed E-state index contributed by atoms with van der Waals surface area (Å²) < 4.78 is 35.5. The van der Waals surface area contributed by atoms with Gasteiger partial charge < -0.3 is 19.6 Å². The van der Waals surface area contributed by atoms with Crippen LogP contribution >= 0.6 is 0 Å². The molecule has 140 valence electrons. The summed E-state index contributed by atoms with van der Waals surface area (Å²) in [7, 11) is -3.62. The maximum atomic E-state index is 12.6. The first-order chi connectivity index (χ1) is 12.3. The van der Waals surface area contributed by atoms with Crippen molar-refractivity contribution in [3.63, 3.8) is 0 Å². The highest BCUT2D eigenvalue weighted by atomic mass is 32.2. The molecule has 0 radical (unpaired) electrons. The Balaban J connectivity index is 1.76. The largest absolute Gasteiger partial charge is 0.475 e. The normalized spacial score (nSPS) is 17.1. The Hall–Kier alpha value is -2.39. The molecule has 1 unspecified atom stereocenters. The van der Waals surface area contributed by atoms with Gasteiger partial charge in [0, 0.05) is 24.3 Å². The number of furan rings is 1. The third-order valence-corrected chi connectivity index (χ3v) is 7.09. The van der Waals surface area contributed by atoms with Gasteiger partial charge in [0.25, 0.3) is 0 Å². The maximum absolute atomic E-state index is 12.6. The minimum Gasteiger partial charge on any atom is -0.475 e. The first-order valence-electron chi connectivity index (χ1n) is 8.17. The van der Waals surface area contributed by atoms with E-state index >= 15 is 0 Å². The Morgan fingerprint density at radius 1 is 1.23 bits per heavy atom. The van der Waals surface area contributed by atoms with Gasteiger partial charge in [-0.15, -0.1) is 0 Å². The van der Waals surface area contributed by atoms with Crippen LogP contribution in [0.2, 0.25) is 0 Å². The van der Waals surface area contributed by atoms with Crippen molar-refractivity contribution < 1.29 is 32.3 Å². The number of hydrogen-bond donors (Lipinski definition) is 2. The molecule has 1 saturated heterocycles. The van der Waals surface area contributed by atoms with Gasteiger partial charge in [-0.05, 0) is 44.0 Å². The maximum Gasteiger partial charge on any atom is 0.371 e. The molecule has 1 fully saturated rings. The summed E-state index contributed by atoms with van der Waals surface area (Å²) in [6.45, 7) is 2.13. The molecule has 0 saturated carbocycles. The number of benzene rings is 1. The van der Waals surface area contributed by atoms with Crippen LogP contribution in [-0.4, -0.2) is 49.1 Å². The van der Waals surface area contributed by atoms with Gasteiger partial charge in [-0.2, -0.15) is 0 Å². The summed E-state index contributed by atoms with van der Waals surface area (Å²) in [6, 6.07) is 5.94. The van der Waals surface area contributed by atoms with Crippen LogP contribution < -0.4 is 5.32 Å². The van der Waals surface area contributed by atoms with Crippen LogP contribution in [-0.2, 0) is 19.4 Å². The van der Waals surface area contributed by atoms with Gasteiger partial charge in [-0.1, -0.05) is 0 Å². The molecule has 2 aromatic rings. The van der Waals surface area contributed by atoms with Crippen LogP contribution in [0.5, 0.6) is 0 Å². The lowest BCUT2D eigenvalue weighted by molar-refractivity contribution is -0.115. The fraction of sp³-hybridized carbons (Fsp3) is 0.412. The minimum atomic E-state index is -3.62. The zero-order valence-corrected chi connectivity index (χ0v) is 14.9. The van der Waals surface area contributed by atoms with Gasteiger partial charge in [-0.25, -0.2) is 13.2 Å². The van der Waals surface area contributed by atoms with Gasteiger partial charge in [0.2, 0.25) is 11.7 Å². The van der Waals surface area contributed by atoms with Gasteiger partial charge >= 0.3 is 5.97 Å². The number of carbonyl (C=O) groups is 2. The Morgan fingerprint density at radius 2 is 1.92 bits per heavy atom. The molecule has 1 aliphatic heterocycles. The summed E-state index contributed by atoms with van der Waals surface area (Å²) in [5.74, 6) is -2.03. The summed E-state index contributed by atoms with van der Waals surface area (Å²) in [6.07, 6.45) is 0.776. The summed E-state index contributed by atoms with van der Waals surface area (Å²) in [5.41, 5.74) is 0.734. The van der Waals surface area contributed by atoms with Crippen molar-refractivity contribution >= 4 is 38.4 Å². The van der Waals surface area contributed by atoms with Crippen LogP contribution in [0.25, 0.3) is 11.0 Å². The number of carboxylic acid groups (broad SMARTS) is 1. The van der Waals surface area contributed by atoms with Crippen LogP contribution in [0.15, 0.2) is 28.7 Å². The van der Waals surface area contributed by atoms with Gasteiger partial charge in [0.1, 0.15) is 10.8 Å². The Labute approximate surface area is 150 Å². The SMILES string of the molecule is CC(C(=O)Nc1ccc2oc(C(=O)O)cc2c1)S(=O)(=O)C1CCOCC1. The molecular weight excluding hydrogens is 362 g/mol. The number of rotatable bonds is 5. The van der Waals surface area contributed by atoms with E-state index in [-0.39, 0.29) is 5.76 Å². The van der Waals surface area contributed by atoms with Gasteiger partial charge in [-0.3, -0.25) is 4.79 Å². The highest BCUT2D eigenvalue weighted by Gasteiger charge is 2.36. The first kappa shape index (κ1) is 18.4. The molecule has 2 heterocycles. The fourth-order valence-corrected chi connectivity index (χ4v) is 4.70. The van der Waals surface area contributed by atoms with E-state index in [9.17, 15) is 18.0 Å². The van der Waals surface area contributed by atoms with Crippen molar-refractivity contribution in [1.29, 1.82) is 0 Å². The summed E-state index contributed by atoms with van der Waals surface area (Å²) >= 11 is 0. The van der Waals surface area contributed by atoms with Crippen LogP contribution in [0.3, 0.4) is 0 Å². The first-order valence-corrected chi connectivity index (χ1v) is 9.78. The summed E-state index contributed by atoms with van der Waals surface area (Å²) in [5, 5.41) is 10.3. The van der Waals surface area contributed by atoms with Crippen molar-refractivity contribution in [2.75, 3.05) is 18.5 Å². The number of hydrogen-bond acceptors (Lipinski definition) is 6. The molecule has 1 amide bonds. The average molecular weight is 381 g/mol. The molecule has 3 rings (SSSR count). The lowest BCUT2D eigenvalue weighted by atomic mass is 10.2. The van der Waals surface area contributed by atoms with E-state index in [1.54, 1.807) is 0 Å². The number of carboxylic acids is 1. The quantitative estimate of drug-likeness (QED) is 0.812. The monoisotopic (exact) mass is 381 g/mol. The third kappa shape index (κ3) is 3.58. The lowest BCUT2D eigenvalue weighted by Gasteiger charge is -2.25. The molecule has 1 aromatic carbocycles. The van der Waals surface area contributed by atoms with E-state index in [1.165, 1.54) is 31.2 Å². The predicted octanol–water partition coefficient (Wildman–Crippen LogP) is 2.05. The molecule has 0 aliphatic carbocycles. The highest BCUT2D eigenvalue weighted by Crippen LogP contribution is 2.25. The second-order valence-corrected chi connectivity index (χ2v) is 8.75. The van der Waals surface area contributed by atoms with E-state index < -0.39 is 32.2 Å².